The van der Waals surface area contributed by atoms with E-state index in [0.717, 1.165) is 4.88 Å². The smallest absolute Gasteiger partial charge is 0.197 e. The van der Waals surface area contributed by atoms with Gasteiger partial charge in [-0.2, -0.15) is 23.7 Å². The molecule has 90 valence electrons. The fraction of sp³-hybridized carbons (Fsp3) is 0.455. The Morgan fingerprint density at radius 1 is 1.18 bits per heavy atom. The van der Waals surface area contributed by atoms with Crippen molar-refractivity contribution in [3.05, 3.63) is 22.4 Å². The number of rotatable bonds is 4. The molecular formula is C11H9F3N2S. The van der Waals surface area contributed by atoms with Gasteiger partial charge in [0.25, 0.3) is 0 Å². The zero-order chi connectivity index (χ0) is 12.9. The van der Waals surface area contributed by atoms with Crippen LogP contribution in [0.15, 0.2) is 17.5 Å². The molecule has 6 heteroatoms. The second-order valence-electron chi connectivity index (χ2n) is 3.68. The Hall–Kier alpha value is -1.53. The van der Waals surface area contributed by atoms with Gasteiger partial charge < -0.3 is 0 Å². The van der Waals surface area contributed by atoms with Crippen molar-refractivity contribution < 1.29 is 13.2 Å². The molecule has 0 fully saturated rings. The number of alkyl halides is 3. The lowest BCUT2D eigenvalue weighted by Crippen LogP contribution is -2.22. The van der Waals surface area contributed by atoms with E-state index in [1.807, 2.05) is 0 Å². The first kappa shape index (κ1) is 13.5. The number of thiophene rings is 1. The lowest BCUT2D eigenvalue weighted by molar-refractivity contribution is -0.138. The summed E-state index contributed by atoms with van der Waals surface area (Å²) in [4.78, 5) is 0.746. The summed E-state index contributed by atoms with van der Waals surface area (Å²) in [6.45, 7) is 0. The molecule has 0 aromatic carbocycles. The Bertz CT molecular complexity index is 423. The molecule has 0 N–H and O–H groups in total. The van der Waals surface area contributed by atoms with E-state index in [9.17, 15) is 13.2 Å². The van der Waals surface area contributed by atoms with Crippen molar-refractivity contribution in [1.29, 1.82) is 10.5 Å². The molecule has 1 rings (SSSR count). The molecule has 17 heavy (non-hydrogen) atoms. The van der Waals surface area contributed by atoms with Crippen LogP contribution in [0.2, 0.25) is 0 Å². The van der Waals surface area contributed by atoms with Crippen molar-refractivity contribution >= 4 is 11.3 Å². The Morgan fingerprint density at radius 3 is 2.24 bits per heavy atom. The SMILES string of the molecule is N#CC(C#N)(CCC(F)(F)F)Cc1cccs1. The number of nitrogens with zero attached hydrogens (tertiary/aromatic N) is 2. The van der Waals surface area contributed by atoms with Gasteiger partial charge in [0, 0.05) is 17.7 Å². The van der Waals surface area contributed by atoms with Crippen molar-refractivity contribution in [2.75, 3.05) is 0 Å². The van der Waals surface area contributed by atoms with Gasteiger partial charge in [-0.15, -0.1) is 11.3 Å². The molecule has 0 amide bonds. The topological polar surface area (TPSA) is 47.6 Å². The summed E-state index contributed by atoms with van der Waals surface area (Å²) in [5, 5.41) is 19.6. The molecule has 1 aromatic heterocycles. The molecule has 0 atom stereocenters. The second kappa shape index (κ2) is 5.20. The van der Waals surface area contributed by atoms with Gasteiger partial charge in [-0.1, -0.05) is 6.07 Å². The monoisotopic (exact) mass is 258 g/mol. The van der Waals surface area contributed by atoms with Crippen LogP contribution in [-0.4, -0.2) is 6.18 Å². The average Bonchev–Trinajstić information content (AvgIpc) is 2.76. The average molecular weight is 258 g/mol. The maximum absolute atomic E-state index is 12.1. The largest absolute Gasteiger partial charge is 0.389 e. The van der Waals surface area contributed by atoms with Gasteiger partial charge >= 0.3 is 6.18 Å². The van der Waals surface area contributed by atoms with Crippen molar-refractivity contribution in [2.45, 2.75) is 25.4 Å². The van der Waals surface area contributed by atoms with Crippen LogP contribution in [0.1, 0.15) is 17.7 Å². The van der Waals surface area contributed by atoms with E-state index in [2.05, 4.69) is 0 Å². The normalized spacial score (nSPS) is 11.8. The molecule has 0 aliphatic heterocycles. The lowest BCUT2D eigenvalue weighted by atomic mass is 9.82. The number of halogens is 3. The molecule has 0 bridgehead atoms. The first-order valence-electron chi connectivity index (χ1n) is 4.82. The summed E-state index contributed by atoms with van der Waals surface area (Å²) in [6, 6.07) is 6.89. The van der Waals surface area contributed by atoms with Crippen molar-refractivity contribution in [3.63, 3.8) is 0 Å². The van der Waals surface area contributed by atoms with E-state index in [4.69, 9.17) is 10.5 Å². The maximum atomic E-state index is 12.1. The van der Waals surface area contributed by atoms with Gasteiger partial charge in [0.2, 0.25) is 0 Å². The fourth-order valence-electron chi connectivity index (χ4n) is 1.37. The van der Waals surface area contributed by atoms with Crippen molar-refractivity contribution in [2.24, 2.45) is 5.41 Å². The van der Waals surface area contributed by atoms with Crippen LogP contribution in [0, 0.1) is 28.1 Å². The van der Waals surface area contributed by atoms with E-state index in [-0.39, 0.29) is 6.42 Å². The standard InChI is InChI=1S/C11H9F3N2S/c12-11(13,14)4-3-10(7-15,8-16)6-9-2-1-5-17-9/h1-2,5H,3-4,6H2. The highest BCUT2D eigenvalue weighted by Crippen LogP contribution is 2.33. The van der Waals surface area contributed by atoms with Crippen LogP contribution < -0.4 is 0 Å². The van der Waals surface area contributed by atoms with Crippen molar-refractivity contribution in [3.8, 4) is 12.1 Å². The molecule has 1 heterocycles. The molecule has 2 nitrogen and oxygen atoms in total. The van der Waals surface area contributed by atoms with E-state index >= 15 is 0 Å². The molecule has 0 saturated carbocycles. The van der Waals surface area contributed by atoms with Crippen LogP contribution in [0.4, 0.5) is 13.2 Å². The third kappa shape index (κ3) is 4.08. The third-order valence-electron chi connectivity index (χ3n) is 2.32. The number of hydrogen-bond donors (Lipinski definition) is 0. The van der Waals surface area contributed by atoms with E-state index in [0.29, 0.717) is 0 Å². The highest BCUT2D eigenvalue weighted by molar-refractivity contribution is 7.09. The lowest BCUT2D eigenvalue weighted by Gasteiger charge is -2.18. The van der Waals surface area contributed by atoms with Gasteiger partial charge in [-0.25, -0.2) is 0 Å². The van der Waals surface area contributed by atoms with Crippen LogP contribution >= 0.6 is 11.3 Å². The fourth-order valence-corrected chi connectivity index (χ4v) is 2.19. The second-order valence-corrected chi connectivity index (χ2v) is 4.71. The summed E-state index contributed by atoms with van der Waals surface area (Å²) >= 11 is 1.33. The summed E-state index contributed by atoms with van der Waals surface area (Å²) < 4.78 is 36.4. The predicted octanol–water partition coefficient (Wildman–Crippen LogP) is 3.67. The van der Waals surface area contributed by atoms with Gasteiger partial charge in [0.15, 0.2) is 0 Å². The Morgan fingerprint density at radius 2 is 1.82 bits per heavy atom. The summed E-state index contributed by atoms with van der Waals surface area (Å²) in [7, 11) is 0. The van der Waals surface area contributed by atoms with Crippen LogP contribution in [0.3, 0.4) is 0 Å². The molecule has 0 aliphatic rings. The maximum Gasteiger partial charge on any atom is 0.389 e. The van der Waals surface area contributed by atoms with Gasteiger partial charge in [-0.05, 0) is 17.9 Å². The van der Waals surface area contributed by atoms with Crippen molar-refractivity contribution in [1.82, 2.24) is 0 Å². The minimum atomic E-state index is -4.34. The molecule has 0 radical (unpaired) electrons. The molecule has 0 saturated heterocycles. The first-order chi connectivity index (χ1) is 7.91. The minimum Gasteiger partial charge on any atom is -0.197 e. The molecule has 1 aromatic rings. The van der Waals surface area contributed by atoms with Gasteiger partial charge in [0.05, 0.1) is 12.1 Å². The molecule has 0 spiro atoms. The van der Waals surface area contributed by atoms with Crippen LogP contribution in [0.25, 0.3) is 0 Å². The summed E-state index contributed by atoms with van der Waals surface area (Å²) in [5.74, 6) is 0. The Balaban J connectivity index is 2.77. The van der Waals surface area contributed by atoms with Crippen LogP contribution in [-0.2, 0) is 6.42 Å². The van der Waals surface area contributed by atoms with Crippen LogP contribution in [0.5, 0.6) is 0 Å². The Kier molecular flexibility index (Phi) is 4.14. The summed E-state index contributed by atoms with van der Waals surface area (Å²) in [5.41, 5.74) is -1.58. The molecule has 0 unspecified atom stereocenters. The zero-order valence-electron chi connectivity index (χ0n) is 8.79. The number of nitriles is 2. The van der Waals surface area contributed by atoms with E-state index < -0.39 is 24.4 Å². The summed E-state index contributed by atoms with van der Waals surface area (Å²) in [6.07, 6.45) is -5.89. The molecule has 0 aliphatic carbocycles. The van der Waals surface area contributed by atoms with Gasteiger partial charge in [-0.3, -0.25) is 0 Å². The molecular weight excluding hydrogens is 249 g/mol. The van der Waals surface area contributed by atoms with Gasteiger partial charge in [0.1, 0.15) is 5.41 Å². The first-order valence-corrected chi connectivity index (χ1v) is 5.70. The quantitative estimate of drug-likeness (QED) is 0.827. The van der Waals surface area contributed by atoms with E-state index in [1.54, 1.807) is 29.7 Å². The predicted molar refractivity (Wildman–Crippen MR) is 57.0 cm³/mol. The third-order valence-corrected chi connectivity index (χ3v) is 3.20. The van der Waals surface area contributed by atoms with E-state index in [1.165, 1.54) is 11.3 Å². The highest BCUT2D eigenvalue weighted by atomic mass is 32.1. The minimum absolute atomic E-state index is 0.0494. The zero-order valence-corrected chi connectivity index (χ0v) is 9.61. The highest BCUT2D eigenvalue weighted by Gasteiger charge is 2.37. The number of hydrogen-bond acceptors (Lipinski definition) is 3. The Labute approximate surface area is 101 Å².